The van der Waals surface area contributed by atoms with Gasteiger partial charge in [-0.25, -0.2) is 12.8 Å². The van der Waals surface area contributed by atoms with Gasteiger partial charge in [-0.3, -0.25) is 0 Å². The van der Waals surface area contributed by atoms with E-state index in [9.17, 15) is 17.9 Å². The van der Waals surface area contributed by atoms with Gasteiger partial charge >= 0.3 is 0 Å². The summed E-state index contributed by atoms with van der Waals surface area (Å²) in [5.74, 6) is -0.827. The van der Waals surface area contributed by atoms with Crippen LogP contribution in [0.4, 0.5) is 4.39 Å². The van der Waals surface area contributed by atoms with Gasteiger partial charge in [0.25, 0.3) is 0 Å². The maximum atomic E-state index is 13.6. The lowest BCUT2D eigenvalue weighted by Crippen LogP contribution is -2.40. The monoisotopic (exact) mass is 339 g/mol. The highest BCUT2D eigenvalue weighted by Gasteiger charge is 2.30. The predicted octanol–water partition coefficient (Wildman–Crippen LogP) is 1.98. The highest BCUT2D eigenvalue weighted by atomic mass is 79.9. The molecule has 0 saturated heterocycles. The fourth-order valence-electron chi connectivity index (χ4n) is 1.51. The quantitative estimate of drug-likeness (QED) is 0.912. The van der Waals surface area contributed by atoms with Crippen molar-refractivity contribution in [3.05, 3.63) is 28.5 Å². The number of hydrogen-bond donors (Lipinski definition) is 1. The van der Waals surface area contributed by atoms with Gasteiger partial charge in [-0.15, -0.1) is 0 Å². The molecular weight excluding hydrogens is 325 g/mol. The van der Waals surface area contributed by atoms with Gasteiger partial charge in [-0.2, -0.15) is 4.31 Å². The van der Waals surface area contributed by atoms with E-state index in [0.29, 0.717) is 0 Å². The van der Waals surface area contributed by atoms with Crippen molar-refractivity contribution >= 4 is 26.0 Å². The number of nitrogens with zero attached hydrogens (tertiary/aromatic N) is 1. The van der Waals surface area contributed by atoms with E-state index >= 15 is 0 Å². The van der Waals surface area contributed by atoms with Gasteiger partial charge in [0.15, 0.2) is 0 Å². The zero-order valence-corrected chi connectivity index (χ0v) is 12.7. The van der Waals surface area contributed by atoms with Crippen molar-refractivity contribution in [2.75, 3.05) is 13.6 Å². The van der Waals surface area contributed by atoms with E-state index in [1.54, 1.807) is 0 Å². The molecule has 0 aliphatic heterocycles. The average Bonchev–Trinajstić information content (AvgIpc) is 2.13. The van der Waals surface area contributed by atoms with Gasteiger partial charge in [-0.05, 0) is 41.9 Å². The molecule has 1 N–H and O–H groups in total. The molecule has 7 heteroatoms. The highest BCUT2D eigenvalue weighted by molar-refractivity contribution is 9.10. The van der Waals surface area contributed by atoms with Crippen LogP contribution in [0.1, 0.15) is 13.8 Å². The molecule has 0 atom stereocenters. The second kappa shape index (κ2) is 5.24. The summed E-state index contributed by atoms with van der Waals surface area (Å²) in [6.45, 7) is 2.83. The lowest BCUT2D eigenvalue weighted by Gasteiger charge is -2.25. The van der Waals surface area contributed by atoms with Crippen molar-refractivity contribution in [1.82, 2.24) is 4.31 Å². The van der Waals surface area contributed by atoms with Crippen LogP contribution in [0.15, 0.2) is 27.6 Å². The molecule has 1 rings (SSSR count). The molecule has 0 heterocycles. The summed E-state index contributed by atoms with van der Waals surface area (Å²) in [6, 6.07) is 3.94. The molecule has 1 aromatic rings. The van der Waals surface area contributed by atoms with Crippen LogP contribution in [0.25, 0.3) is 0 Å². The number of hydrogen-bond acceptors (Lipinski definition) is 3. The molecule has 0 aliphatic carbocycles. The average molecular weight is 340 g/mol. The molecule has 0 aromatic heterocycles. The van der Waals surface area contributed by atoms with Crippen LogP contribution in [0, 0.1) is 5.82 Å². The fraction of sp³-hybridized carbons (Fsp3) is 0.455. The van der Waals surface area contributed by atoms with Crippen molar-refractivity contribution < 1.29 is 17.9 Å². The lowest BCUT2D eigenvalue weighted by atomic mass is 10.1. The lowest BCUT2D eigenvalue weighted by molar-refractivity contribution is 0.0639. The number of halogens is 2. The zero-order chi connectivity index (χ0) is 14.1. The first-order valence-corrected chi connectivity index (χ1v) is 7.42. The minimum atomic E-state index is -3.98. The van der Waals surface area contributed by atoms with Crippen molar-refractivity contribution in [2.45, 2.75) is 24.3 Å². The van der Waals surface area contributed by atoms with Crippen LogP contribution in [-0.4, -0.2) is 37.0 Å². The Labute approximate surface area is 115 Å². The maximum Gasteiger partial charge on any atom is 0.246 e. The molecule has 0 fully saturated rings. The first kappa shape index (κ1) is 15.6. The Bertz CT molecular complexity index is 519. The standard InChI is InChI=1S/C11H15BrFNO3S/c1-11(2,15)7-14(3)18(16,17)10-8(12)5-4-6-9(10)13/h4-6,15H,7H2,1-3H3. The first-order chi connectivity index (χ1) is 8.05. The van der Waals surface area contributed by atoms with Gasteiger partial charge in [0.05, 0.1) is 5.60 Å². The molecule has 0 spiro atoms. The summed E-state index contributed by atoms with van der Waals surface area (Å²) in [7, 11) is -2.68. The summed E-state index contributed by atoms with van der Waals surface area (Å²) in [4.78, 5) is -0.420. The molecule has 0 aliphatic rings. The van der Waals surface area contributed by atoms with Crippen LogP contribution in [-0.2, 0) is 10.0 Å². The van der Waals surface area contributed by atoms with Crippen LogP contribution in [0.5, 0.6) is 0 Å². The molecule has 0 saturated carbocycles. The summed E-state index contributed by atoms with van der Waals surface area (Å²) in [5.41, 5.74) is -1.19. The van der Waals surface area contributed by atoms with E-state index in [-0.39, 0.29) is 11.0 Å². The number of sulfonamides is 1. The number of likely N-dealkylation sites (N-methyl/N-ethyl adjacent to an activating group) is 1. The second-order valence-electron chi connectivity index (χ2n) is 4.62. The van der Waals surface area contributed by atoms with Crippen molar-refractivity contribution in [3.8, 4) is 0 Å². The van der Waals surface area contributed by atoms with Gasteiger partial charge < -0.3 is 5.11 Å². The molecule has 0 radical (unpaired) electrons. The Hall–Kier alpha value is -0.500. The van der Waals surface area contributed by atoms with Crippen molar-refractivity contribution in [3.63, 3.8) is 0 Å². The number of aliphatic hydroxyl groups is 1. The minimum absolute atomic E-state index is 0.129. The smallest absolute Gasteiger partial charge is 0.246 e. The Morgan fingerprint density at radius 1 is 1.44 bits per heavy atom. The molecule has 0 bridgehead atoms. The molecule has 1 aromatic carbocycles. The predicted molar refractivity (Wildman–Crippen MR) is 70.2 cm³/mol. The molecule has 102 valence electrons. The SMILES string of the molecule is CN(CC(C)(C)O)S(=O)(=O)c1c(F)cccc1Br. The van der Waals surface area contributed by atoms with Gasteiger partial charge in [0.1, 0.15) is 10.7 Å². The molecule has 18 heavy (non-hydrogen) atoms. The molecule has 0 amide bonds. The van der Waals surface area contributed by atoms with Crippen molar-refractivity contribution in [2.24, 2.45) is 0 Å². The highest BCUT2D eigenvalue weighted by Crippen LogP contribution is 2.27. The zero-order valence-electron chi connectivity index (χ0n) is 10.3. The van der Waals surface area contributed by atoms with E-state index < -0.39 is 26.3 Å². The van der Waals surface area contributed by atoms with Gasteiger partial charge in [-0.1, -0.05) is 6.07 Å². The topological polar surface area (TPSA) is 57.6 Å². The van der Waals surface area contributed by atoms with E-state index in [4.69, 9.17) is 0 Å². The molecule has 0 unspecified atom stereocenters. The van der Waals surface area contributed by atoms with E-state index in [1.165, 1.54) is 33.0 Å². The Kier molecular flexibility index (Phi) is 4.53. The number of benzene rings is 1. The largest absolute Gasteiger partial charge is 0.389 e. The third-order valence-electron chi connectivity index (χ3n) is 2.20. The Morgan fingerprint density at radius 2 is 2.00 bits per heavy atom. The summed E-state index contributed by atoms with van der Waals surface area (Å²) < 4.78 is 39.1. The Morgan fingerprint density at radius 3 is 2.44 bits per heavy atom. The van der Waals surface area contributed by atoms with Gasteiger partial charge in [0.2, 0.25) is 10.0 Å². The Balaban J connectivity index is 3.22. The van der Waals surface area contributed by atoms with Crippen LogP contribution in [0.2, 0.25) is 0 Å². The molecule has 4 nitrogen and oxygen atoms in total. The van der Waals surface area contributed by atoms with Crippen LogP contribution >= 0.6 is 15.9 Å². The summed E-state index contributed by atoms with van der Waals surface area (Å²) in [6.07, 6.45) is 0. The van der Waals surface area contributed by atoms with E-state index in [2.05, 4.69) is 15.9 Å². The molecular formula is C11H15BrFNO3S. The second-order valence-corrected chi connectivity index (χ2v) is 7.46. The maximum absolute atomic E-state index is 13.6. The van der Waals surface area contributed by atoms with Gasteiger partial charge in [0, 0.05) is 18.1 Å². The third-order valence-corrected chi connectivity index (χ3v) is 5.00. The van der Waals surface area contributed by atoms with Crippen LogP contribution in [0.3, 0.4) is 0 Å². The first-order valence-electron chi connectivity index (χ1n) is 5.18. The summed E-state index contributed by atoms with van der Waals surface area (Å²) >= 11 is 3.02. The third kappa shape index (κ3) is 3.50. The van der Waals surface area contributed by atoms with E-state index in [0.717, 1.165) is 10.4 Å². The van der Waals surface area contributed by atoms with Crippen LogP contribution < -0.4 is 0 Å². The van der Waals surface area contributed by atoms with Crippen molar-refractivity contribution in [1.29, 1.82) is 0 Å². The van der Waals surface area contributed by atoms with E-state index in [1.807, 2.05) is 0 Å². The summed E-state index contributed by atoms with van der Waals surface area (Å²) in [5, 5.41) is 9.63. The normalized spacial score (nSPS) is 13.1. The number of rotatable bonds is 4. The fourth-order valence-corrected chi connectivity index (χ4v) is 3.90. The minimum Gasteiger partial charge on any atom is -0.389 e.